The van der Waals surface area contributed by atoms with Crippen LogP contribution in [0.4, 0.5) is 11.4 Å². The summed E-state index contributed by atoms with van der Waals surface area (Å²) in [6.07, 6.45) is 1.37. The molecule has 0 amide bonds. The van der Waals surface area contributed by atoms with Gasteiger partial charge >= 0.3 is 0 Å². The lowest BCUT2D eigenvalue weighted by Crippen LogP contribution is -1.98. The first-order chi connectivity index (χ1) is 10.6. The Morgan fingerprint density at radius 1 is 1.00 bits per heavy atom. The smallest absolute Gasteiger partial charge is 0.270 e. The Kier molecular flexibility index (Phi) is 3.53. The third kappa shape index (κ3) is 2.64. The first-order valence-electron chi connectivity index (χ1n) is 6.62. The number of non-ortho nitro benzene ring substituents is 1. The molecule has 0 fully saturated rings. The van der Waals surface area contributed by atoms with Crippen LogP contribution in [0.2, 0.25) is 0 Å². The molecule has 0 spiro atoms. The highest BCUT2D eigenvalue weighted by Crippen LogP contribution is 2.26. The SMILES string of the molecule is O=[N+]([O-])c1ccc([O-])c(C=Nc2cccc3ccccc23)c1. The second-order valence-electron chi connectivity index (χ2n) is 4.74. The number of hydrogen-bond donors (Lipinski definition) is 0. The van der Waals surface area contributed by atoms with Gasteiger partial charge in [0, 0.05) is 23.7 Å². The van der Waals surface area contributed by atoms with Crippen LogP contribution < -0.4 is 5.11 Å². The molecule has 3 aromatic rings. The topological polar surface area (TPSA) is 78.6 Å². The average Bonchev–Trinajstić information content (AvgIpc) is 2.54. The first kappa shape index (κ1) is 13.8. The molecule has 0 heterocycles. The molecule has 0 bridgehead atoms. The molecular formula is C17H11N2O3-. The summed E-state index contributed by atoms with van der Waals surface area (Å²) < 4.78 is 0. The first-order valence-corrected chi connectivity index (χ1v) is 6.62. The maximum atomic E-state index is 11.8. The van der Waals surface area contributed by atoms with Gasteiger partial charge in [0.1, 0.15) is 0 Å². The van der Waals surface area contributed by atoms with Crippen LogP contribution in [0, 0.1) is 10.1 Å². The Hall–Kier alpha value is -3.21. The monoisotopic (exact) mass is 291 g/mol. The number of hydrogen-bond acceptors (Lipinski definition) is 4. The Labute approximate surface area is 126 Å². The number of fused-ring (bicyclic) bond motifs is 1. The molecule has 0 saturated carbocycles. The fraction of sp³-hybridized carbons (Fsp3) is 0. The van der Waals surface area contributed by atoms with Gasteiger partial charge in [0.25, 0.3) is 5.69 Å². The lowest BCUT2D eigenvalue weighted by molar-refractivity contribution is -0.385. The summed E-state index contributed by atoms with van der Waals surface area (Å²) in [6.45, 7) is 0. The van der Waals surface area contributed by atoms with Crippen molar-refractivity contribution in [3.05, 3.63) is 76.3 Å². The summed E-state index contributed by atoms with van der Waals surface area (Å²) in [6, 6.07) is 17.0. The molecule has 5 nitrogen and oxygen atoms in total. The van der Waals surface area contributed by atoms with E-state index in [0.29, 0.717) is 5.69 Å². The minimum atomic E-state index is -0.533. The molecule has 0 aliphatic carbocycles. The zero-order valence-electron chi connectivity index (χ0n) is 11.5. The highest BCUT2D eigenvalue weighted by molar-refractivity contribution is 5.95. The van der Waals surface area contributed by atoms with E-state index in [4.69, 9.17) is 0 Å². The zero-order chi connectivity index (χ0) is 15.5. The molecule has 0 unspecified atom stereocenters. The van der Waals surface area contributed by atoms with Crippen molar-refractivity contribution in [3.8, 4) is 5.75 Å². The normalized spacial score (nSPS) is 11.1. The van der Waals surface area contributed by atoms with Crippen molar-refractivity contribution in [1.82, 2.24) is 0 Å². The van der Waals surface area contributed by atoms with Crippen LogP contribution in [0.1, 0.15) is 5.56 Å². The number of nitro groups is 1. The van der Waals surface area contributed by atoms with Gasteiger partial charge in [-0.25, -0.2) is 0 Å². The Morgan fingerprint density at radius 3 is 2.59 bits per heavy atom. The second-order valence-corrected chi connectivity index (χ2v) is 4.74. The number of aliphatic imine (C=N–C) groups is 1. The van der Waals surface area contributed by atoms with Crippen LogP contribution in [-0.4, -0.2) is 11.1 Å². The number of nitro benzene ring substituents is 1. The Bertz CT molecular complexity index is 883. The van der Waals surface area contributed by atoms with E-state index in [9.17, 15) is 15.2 Å². The van der Waals surface area contributed by atoms with Crippen LogP contribution in [0.3, 0.4) is 0 Å². The van der Waals surface area contributed by atoms with Gasteiger partial charge in [-0.2, -0.15) is 0 Å². The molecule has 3 aromatic carbocycles. The molecule has 0 aliphatic heterocycles. The van der Waals surface area contributed by atoms with Crippen LogP contribution in [-0.2, 0) is 0 Å². The lowest BCUT2D eigenvalue weighted by Gasteiger charge is -2.09. The van der Waals surface area contributed by atoms with E-state index in [1.54, 1.807) is 0 Å². The number of benzene rings is 3. The van der Waals surface area contributed by atoms with Gasteiger partial charge in [-0.3, -0.25) is 15.1 Å². The molecule has 0 atom stereocenters. The van der Waals surface area contributed by atoms with Crippen LogP contribution in [0.15, 0.2) is 65.7 Å². The van der Waals surface area contributed by atoms with Crippen LogP contribution in [0.25, 0.3) is 10.8 Å². The van der Waals surface area contributed by atoms with Gasteiger partial charge in [-0.15, -0.1) is 0 Å². The van der Waals surface area contributed by atoms with Crippen molar-refractivity contribution in [2.45, 2.75) is 0 Å². The van der Waals surface area contributed by atoms with E-state index in [1.165, 1.54) is 24.4 Å². The predicted octanol–water partition coefficient (Wildman–Crippen LogP) is 3.57. The second kappa shape index (κ2) is 5.65. The third-order valence-corrected chi connectivity index (χ3v) is 3.31. The molecule has 108 valence electrons. The van der Waals surface area contributed by atoms with Gasteiger partial charge in [0.05, 0.1) is 10.6 Å². The number of nitrogens with zero attached hydrogens (tertiary/aromatic N) is 2. The summed E-state index contributed by atoms with van der Waals surface area (Å²) in [5.41, 5.74) is 0.783. The Balaban J connectivity index is 2.03. The molecule has 0 N–H and O–H groups in total. The minimum Gasteiger partial charge on any atom is -0.872 e. The summed E-state index contributed by atoms with van der Waals surface area (Å²) in [5, 5.41) is 24.5. The lowest BCUT2D eigenvalue weighted by atomic mass is 10.1. The van der Waals surface area contributed by atoms with Gasteiger partial charge in [-0.05, 0) is 17.0 Å². The minimum absolute atomic E-state index is 0.126. The largest absolute Gasteiger partial charge is 0.872 e. The van der Waals surface area contributed by atoms with Crippen molar-refractivity contribution in [2.24, 2.45) is 4.99 Å². The van der Waals surface area contributed by atoms with Gasteiger partial charge in [-0.1, -0.05) is 48.2 Å². The fourth-order valence-corrected chi connectivity index (χ4v) is 2.21. The highest BCUT2D eigenvalue weighted by atomic mass is 16.6. The molecule has 0 aliphatic rings. The van der Waals surface area contributed by atoms with Crippen LogP contribution >= 0.6 is 0 Å². The van der Waals surface area contributed by atoms with E-state index >= 15 is 0 Å². The fourth-order valence-electron chi connectivity index (χ4n) is 2.21. The van der Waals surface area contributed by atoms with Gasteiger partial charge in [0.2, 0.25) is 0 Å². The Morgan fingerprint density at radius 2 is 1.77 bits per heavy atom. The molecule has 0 radical (unpaired) electrons. The summed E-state index contributed by atoms with van der Waals surface area (Å²) in [4.78, 5) is 14.6. The quantitative estimate of drug-likeness (QED) is 0.420. The van der Waals surface area contributed by atoms with Crippen molar-refractivity contribution in [2.75, 3.05) is 0 Å². The summed E-state index contributed by atoms with van der Waals surface area (Å²) in [7, 11) is 0. The summed E-state index contributed by atoms with van der Waals surface area (Å²) >= 11 is 0. The van der Waals surface area contributed by atoms with E-state index in [-0.39, 0.29) is 17.0 Å². The molecule has 0 saturated heterocycles. The van der Waals surface area contributed by atoms with Crippen molar-refractivity contribution >= 4 is 28.4 Å². The average molecular weight is 291 g/mol. The molecule has 3 rings (SSSR count). The van der Waals surface area contributed by atoms with E-state index in [2.05, 4.69) is 4.99 Å². The van der Waals surface area contributed by atoms with Gasteiger partial charge in [0.15, 0.2) is 0 Å². The highest BCUT2D eigenvalue weighted by Gasteiger charge is 2.05. The standard InChI is InChI=1S/C17H12N2O3/c20-17-9-8-14(19(21)22)10-13(17)11-18-16-7-3-5-12-4-1-2-6-15(12)16/h1-11,20H/p-1. The van der Waals surface area contributed by atoms with Crippen molar-refractivity contribution in [1.29, 1.82) is 0 Å². The third-order valence-electron chi connectivity index (χ3n) is 3.31. The summed E-state index contributed by atoms with van der Waals surface area (Å²) in [5.74, 6) is -0.297. The zero-order valence-corrected chi connectivity index (χ0v) is 11.5. The maximum Gasteiger partial charge on any atom is 0.270 e. The molecule has 5 heteroatoms. The molecule has 22 heavy (non-hydrogen) atoms. The van der Waals surface area contributed by atoms with Crippen molar-refractivity contribution in [3.63, 3.8) is 0 Å². The predicted molar refractivity (Wildman–Crippen MR) is 83.7 cm³/mol. The maximum absolute atomic E-state index is 11.8. The van der Waals surface area contributed by atoms with E-state index in [0.717, 1.165) is 10.8 Å². The number of rotatable bonds is 3. The van der Waals surface area contributed by atoms with Crippen LogP contribution in [0.5, 0.6) is 5.75 Å². The molecule has 0 aromatic heterocycles. The van der Waals surface area contributed by atoms with Crippen molar-refractivity contribution < 1.29 is 10.0 Å². The molecular weight excluding hydrogens is 280 g/mol. The van der Waals surface area contributed by atoms with E-state index in [1.807, 2.05) is 42.5 Å². The van der Waals surface area contributed by atoms with Gasteiger partial charge < -0.3 is 5.11 Å². The van der Waals surface area contributed by atoms with E-state index < -0.39 is 4.92 Å².